The van der Waals surface area contributed by atoms with Crippen molar-refractivity contribution in [1.29, 1.82) is 0 Å². The lowest BCUT2D eigenvalue weighted by molar-refractivity contribution is -0.152. The highest BCUT2D eigenvalue weighted by Crippen LogP contribution is 2.21. The van der Waals surface area contributed by atoms with Gasteiger partial charge in [0.15, 0.2) is 11.7 Å². The number of nitrogens with zero attached hydrogens (tertiary/aromatic N) is 2. The predicted octanol–water partition coefficient (Wildman–Crippen LogP) is 0.992. The van der Waals surface area contributed by atoms with E-state index >= 15 is 0 Å². The maximum atomic E-state index is 12.6. The fourth-order valence-corrected chi connectivity index (χ4v) is 2.89. The van der Waals surface area contributed by atoms with Gasteiger partial charge in [0.25, 0.3) is 0 Å². The van der Waals surface area contributed by atoms with Gasteiger partial charge in [-0.2, -0.15) is 0 Å². The van der Waals surface area contributed by atoms with Gasteiger partial charge < -0.3 is 20.1 Å². The van der Waals surface area contributed by atoms with Crippen molar-refractivity contribution in [1.82, 2.24) is 15.2 Å². The average Bonchev–Trinajstić information content (AvgIpc) is 2.71. The van der Waals surface area contributed by atoms with E-state index in [0.29, 0.717) is 17.2 Å². The van der Waals surface area contributed by atoms with Gasteiger partial charge in [-0.3, -0.25) is 19.2 Å². The Morgan fingerprint density at radius 1 is 1.17 bits per heavy atom. The van der Waals surface area contributed by atoms with Crippen molar-refractivity contribution in [2.75, 3.05) is 13.1 Å². The molecule has 1 aromatic carbocycles. The molecule has 0 spiro atoms. The zero-order valence-corrected chi connectivity index (χ0v) is 15.4. The molecule has 1 atom stereocenters. The molecule has 1 aromatic heterocycles. The zero-order valence-electron chi connectivity index (χ0n) is 15.4. The maximum absolute atomic E-state index is 12.6. The molecule has 2 N–H and O–H groups in total. The number of hydrogen-bond acceptors (Lipinski definition) is 6. The summed E-state index contributed by atoms with van der Waals surface area (Å²) >= 11 is 0. The number of pyridine rings is 1. The first kappa shape index (κ1) is 20.0. The first-order valence-electron chi connectivity index (χ1n) is 8.93. The van der Waals surface area contributed by atoms with Gasteiger partial charge in [-0.05, 0) is 17.7 Å². The Morgan fingerprint density at radius 2 is 1.93 bits per heavy atom. The van der Waals surface area contributed by atoms with Crippen molar-refractivity contribution >= 4 is 23.6 Å². The molecule has 0 aliphatic carbocycles. The Bertz CT molecular complexity index is 914. The van der Waals surface area contributed by atoms with Crippen molar-refractivity contribution in [2.24, 2.45) is 5.92 Å². The summed E-state index contributed by atoms with van der Waals surface area (Å²) in [5.41, 5.74) is 0.706. The molecule has 29 heavy (non-hydrogen) atoms. The van der Waals surface area contributed by atoms with Crippen LogP contribution in [-0.4, -0.2) is 51.6 Å². The minimum atomic E-state index is -1.52. The van der Waals surface area contributed by atoms with E-state index in [2.05, 4.69) is 10.3 Å². The molecule has 150 valence electrons. The summed E-state index contributed by atoms with van der Waals surface area (Å²) in [6, 6.07) is 12.6. The Hall–Kier alpha value is -3.75. The van der Waals surface area contributed by atoms with E-state index in [9.17, 15) is 19.2 Å². The molecule has 2 amide bonds. The highest BCUT2D eigenvalue weighted by molar-refractivity contribution is 6.19. The summed E-state index contributed by atoms with van der Waals surface area (Å²) < 4.78 is 5.62. The second-order valence-electron chi connectivity index (χ2n) is 6.44. The predicted molar refractivity (Wildman–Crippen MR) is 99.9 cm³/mol. The number of benzene rings is 1. The van der Waals surface area contributed by atoms with Gasteiger partial charge in [0.05, 0.1) is 0 Å². The third kappa shape index (κ3) is 5.16. The molecule has 9 heteroatoms. The highest BCUT2D eigenvalue weighted by Gasteiger charge is 2.40. The first-order chi connectivity index (χ1) is 13.9. The molecule has 2 aromatic rings. The molecule has 2 heterocycles. The van der Waals surface area contributed by atoms with Crippen LogP contribution in [-0.2, 0) is 25.7 Å². The van der Waals surface area contributed by atoms with Crippen LogP contribution < -0.4 is 10.1 Å². The number of nitrogens with one attached hydrogen (secondary N) is 1. The molecule has 1 saturated heterocycles. The van der Waals surface area contributed by atoms with Gasteiger partial charge in [0, 0.05) is 31.8 Å². The number of aliphatic carboxylic acids is 1. The third-order valence-corrected chi connectivity index (χ3v) is 4.32. The van der Waals surface area contributed by atoms with Gasteiger partial charge in [-0.1, -0.05) is 24.3 Å². The number of amides is 2. The first-order valence-corrected chi connectivity index (χ1v) is 8.93. The number of ether oxygens (including phenoxy) is 1. The van der Waals surface area contributed by atoms with Crippen LogP contribution in [0.1, 0.15) is 12.0 Å². The number of carbonyl (C=O) groups is 4. The Balaban J connectivity index is 1.63. The standard InChI is InChI=1S/C20H19N3O6/c24-15-8-9-23(20(28)18(15)19(27)22-11-17(25)26)12-13-6-7-16(21-10-13)29-14-4-2-1-3-5-14/h1-7,10,18H,8-9,11-12H2,(H,22,27)(H,25,26). The van der Waals surface area contributed by atoms with Crippen LogP contribution in [0.3, 0.4) is 0 Å². The molecule has 0 bridgehead atoms. The lowest BCUT2D eigenvalue weighted by Crippen LogP contribution is -2.52. The molecule has 0 saturated carbocycles. The topological polar surface area (TPSA) is 126 Å². The number of Topliss-reactive ketones (excluding diaryl/α,β-unsaturated/α-hetero) is 1. The number of piperidine rings is 1. The molecule has 3 rings (SSSR count). The maximum Gasteiger partial charge on any atom is 0.322 e. The van der Waals surface area contributed by atoms with Crippen LogP contribution in [0.4, 0.5) is 0 Å². The van der Waals surface area contributed by atoms with Crippen LogP contribution in [0.25, 0.3) is 0 Å². The summed E-state index contributed by atoms with van der Waals surface area (Å²) in [6.07, 6.45) is 1.58. The molecule has 9 nitrogen and oxygen atoms in total. The normalized spacial score (nSPS) is 16.4. The van der Waals surface area contributed by atoms with Gasteiger partial charge in [0.1, 0.15) is 12.3 Å². The summed E-state index contributed by atoms with van der Waals surface area (Å²) in [6.45, 7) is -0.293. The second-order valence-corrected chi connectivity index (χ2v) is 6.44. The number of carboxylic acid groups (broad SMARTS) is 1. The molecular weight excluding hydrogens is 378 g/mol. The molecule has 0 radical (unpaired) electrons. The average molecular weight is 397 g/mol. The minimum Gasteiger partial charge on any atom is -0.480 e. The highest BCUT2D eigenvalue weighted by atomic mass is 16.5. The van der Waals surface area contributed by atoms with E-state index in [-0.39, 0.29) is 19.5 Å². The Labute approximate surface area is 166 Å². The van der Waals surface area contributed by atoms with Crippen molar-refractivity contribution in [3.63, 3.8) is 0 Å². The van der Waals surface area contributed by atoms with E-state index in [4.69, 9.17) is 9.84 Å². The number of rotatable bonds is 7. The van der Waals surface area contributed by atoms with E-state index in [1.165, 1.54) is 4.90 Å². The monoisotopic (exact) mass is 397 g/mol. The van der Waals surface area contributed by atoms with Gasteiger partial charge >= 0.3 is 5.97 Å². The summed E-state index contributed by atoms with van der Waals surface area (Å²) in [5, 5.41) is 10.7. The van der Waals surface area contributed by atoms with Crippen molar-refractivity contribution in [2.45, 2.75) is 13.0 Å². The molecule has 1 aliphatic rings. The van der Waals surface area contributed by atoms with Crippen molar-refractivity contribution in [3.8, 4) is 11.6 Å². The molecule has 1 fully saturated rings. The van der Waals surface area contributed by atoms with Crippen LogP contribution in [0.15, 0.2) is 48.7 Å². The second kappa shape index (κ2) is 8.96. The van der Waals surface area contributed by atoms with Gasteiger partial charge in [-0.15, -0.1) is 0 Å². The number of aromatic nitrogens is 1. The van der Waals surface area contributed by atoms with Crippen LogP contribution in [0, 0.1) is 5.92 Å². The summed E-state index contributed by atoms with van der Waals surface area (Å²) in [5.74, 6) is -3.78. The largest absolute Gasteiger partial charge is 0.480 e. The van der Waals surface area contributed by atoms with E-state index in [1.54, 1.807) is 30.5 Å². The molecule has 1 aliphatic heterocycles. The molecule has 1 unspecified atom stereocenters. The van der Waals surface area contributed by atoms with Crippen LogP contribution >= 0.6 is 0 Å². The lowest BCUT2D eigenvalue weighted by Gasteiger charge is -2.30. The number of para-hydroxylation sites is 1. The number of likely N-dealkylation sites (tertiary alicyclic amines) is 1. The van der Waals surface area contributed by atoms with E-state index in [1.807, 2.05) is 18.2 Å². The fraction of sp³-hybridized carbons (Fsp3) is 0.250. The summed E-state index contributed by atoms with van der Waals surface area (Å²) in [4.78, 5) is 52.9. The van der Waals surface area contributed by atoms with Gasteiger partial charge in [-0.25, -0.2) is 4.98 Å². The summed E-state index contributed by atoms with van der Waals surface area (Å²) in [7, 11) is 0. The number of hydrogen-bond donors (Lipinski definition) is 2. The Kier molecular flexibility index (Phi) is 6.18. The number of ketones is 1. The number of carboxylic acids is 1. The quantitative estimate of drug-likeness (QED) is 0.667. The van der Waals surface area contributed by atoms with E-state index in [0.717, 1.165) is 0 Å². The minimum absolute atomic E-state index is 0.0273. The fourth-order valence-electron chi connectivity index (χ4n) is 2.89. The molecular formula is C20H19N3O6. The zero-order chi connectivity index (χ0) is 20.8. The van der Waals surface area contributed by atoms with Crippen molar-refractivity contribution < 1.29 is 29.0 Å². The van der Waals surface area contributed by atoms with Crippen molar-refractivity contribution in [3.05, 3.63) is 54.2 Å². The Morgan fingerprint density at radius 3 is 2.59 bits per heavy atom. The SMILES string of the molecule is O=C(O)CNC(=O)C1C(=O)CCN(Cc2ccc(Oc3ccccc3)nc2)C1=O. The third-order valence-electron chi connectivity index (χ3n) is 4.32. The number of carbonyl (C=O) groups excluding carboxylic acids is 3. The van der Waals surface area contributed by atoms with Gasteiger partial charge in [0.2, 0.25) is 17.7 Å². The van der Waals surface area contributed by atoms with Crippen LogP contribution in [0.2, 0.25) is 0 Å². The lowest BCUT2D eigenvalue weighted by atomic mass is 9.94. The van der Waals surface area contributed by atoms with E-state index < -0.39 is 36.0 Å². The van der Waals surface area contributed by atoms with Crippen LogP contribution in [0.5, 0.6) is 11.6 Å². The smallest absolute Gasteiger partial charge is 0.322 e.